The van der Waals surface area contributed by atoms with Crippen LogP contribution in [0.3, 0.4) is 0 Å². The zero-order valence-corrected chi connectivity index (χ0v) is 16.6. The molecule has 2 atom stereocenters. The summed E-state index contributed by atoms with van der Waals surface area (Å²) in [5, 5.41) is 3.40. The Hall–Kier alpha value is -1.73. The van der Waals surface area contributed by atoms with Gasteiger partial charge in [-0.25, -0.2) is 8.78 Å². The van der Waals surface area contributed by atoms with Crippen LogP contribution < -0.4 is 5.32 Å². The number of halogens is 3. The number of nitrogens with zero attached hydrogens (tertiary/aromatic N) is 2. The summed E-state index contributed by atoms with van der Waals surface area (Å²) in [7, 11) is 0. The maximum absolute atomic E-state index is 13.9. The number of piperazine rings is 1. The third-order valence-electron chi connectivity index (χ3n) is 6.48. The smallest absolute Gasteiger partial charge is 0.256 e. The van der Waals surface area contributed by atoms with Crippen molar-refractivity contribution < 1.29 is 18.4 Å². The summed E-state index contributed by atoms with van der Waals surface area (Å²) < 4.78 is 27.0. The van der Waals surface area contributed by atoms with Crippen molar-refractivity contribution in [1.82, 2.24) is 15.1 Å². The molecule has 0 unspecified atom stereocenters. The number of benzene rings is 1. The van der Waals surface area contributed by atoms with Gasteiger partial charge < -0.3 is 15.1 Å². The van der Waals surface area contributed by atoms with Crippen LogP contribution in [0.2, 0.25) is 0 Å². The number of carbonyl (C=O) groups excluding carboxylic acids is 2. The summed E-state index contributed by atoms with van der Waals surface area (Å²) in [6.45, 7) is 3.32. The highest BCUT2D eigenvalue weighted by Gasteiger charge is 2.51. The predicted octanol–water partition coefficient (Wildman–Crippen LogP) is 2.45. The van der Waals surface area contributed by atoms with Crippen molar-refractivity contribution >= 4 is 24.2 Å². The van der Waals surface area contributed by atoms with E-state index in [1.54, 1.807) is 4.90 Å². The van der Waals surface area contributed by atoms with E-state index in [4.69, 9.17) is 0 Å². The standard InChI is InChI=1S/C20H25F2N3O2.ClH/c21-15-4-5-16(17(22)11-15)18(26)24-7-9-25(10-8-24)19(27)20-6-2-1-3-14(20)12-23-13-20;/h4-5,11,14,23H,1-3,6-10,12-13H2;1H/t14-,20+;/m0./s1. The lowest BCUT2D eigenvalue weighted by Crippen LogP contribution is -2.56. The number of fused-ring (bicyclic) bond motifs is 1. The fraction of sp³-hybridized carbons (Fsp3) is 0.600. The largest absolute Gasteiger partial charge is 0.339 e. The average molecular weight is 414 g/mol. The van der Waals surface area contributed by atoms with E-state index in [1.165, 1.54) is 12.5 Å². The minimum atomic E-state index is -0.848. The van der Waals surface area contributed by atoms with Crippen LogP contribution in [0, 0.1) is 23.0 Å². The number of carbonyl (C=O) groups is 2. The van der Waals surface area contributed by atoms with Crippen LogP contribution in [0.4, 0.5) is 8.78 Å². The summed E-state index contributed by atoms with van der Waals surface area (Å²) in [6.07, 6.45) is 4.31. The first-order valence-corrected chi connectivity index (χ1v) is 9.76. The summed E-state index contributed by atoms with van der Waals surface area (Å²) in [5.41, 5.74) is -0.407. The molecule has 28 heavy (non-hydrogen) atoms. The molecule has 1 aliphatic carbocycles. The first-order valence-electron chi connectivity index (χ1n) is 9.76. The van der Waals surface area contributed by atoms with Crippen LogP contribution in [-0.4, -0.2) is 60.9 Å². The molecule has 0 spiro atoms. The summed E-state index contributed by atoms with van der Waals surface area (Å²) >= 11 is 0. The molecule has 0 radical (unpaired) electrons. The van der Waals surface area contributed by atoms with Gasteiger partial charge in [-0.1, -0.05) is 12.8 Å². The molecule has 1 saturated carbocycles. The molecule has 1 N–H and O–H groups in total. The van der Waals surface area contributed by atoms with Crippen molar-refractivity contribution in [2.75, 3.05) is 39.3 Å². The molecule has 4 rings (SSSR count). The third kappa shape index (κ3) is 3.62. The van der Waals surface area contributed by atoms with Gasteiger partial charge in [-0.05, 0) is 37.4 Å². The molecule has 154 valence electrons. The van der Waals surface area contributed by atoms with Crippen molar-refractivity contribution in [3.63, 3.8) is 0 Å². The lowest BCUT2D eigenvalue weighted by molar-refractivity contribution is -0.146. The van der Waals surface area contributed by atoms with E-state index in [0.29, 0.717) is 32.1 Å². The first-order chi connectivity index (χ1) is 13.0. The van der Waals surface area contributed by atoms with Gasteiger partial charge in [-0.15, -0.1) is 12.4 Å². The van der Waals surface area contributed by atoms with Crippen LogP contribution in [0.15, 0.2) is 18.2 Å². The van der Waals surface area contributed by atoms with E-state index in [-0.39, 0.29) is 29.3 Å². The Bertz CT molecular complexity index is 755. The van der Waals surface area contributed by atoms with Gasteiger partial charge in [0.15, 0.2) is 0 Å². The Morgan fingerprint density at radius 2 is 1.79 bits per heavy atom. The molecule has 1 aromatic rings. The number of rotatable bonds is 2. The van der Waals surface area contributed by atoms with E-state index in [2.05, 4.69) is 5.32 Å². The zero-order chi connectivity index (χ0) is 19.0. The minimum absolute atomic E-state index is 0. The first kappa shape index (κ1) is 21.0. The number of hydrogen-bond donors (Lipinski definition) is 1. The van der Waals surface area contributed by atoms with Crippen molar-refractivity contribution in [1.29, 1.82) is 0 Å². The molecule has 2 aliphatic heterocycles. The minimum Gasteiger partial charge on any atom is -0.339 e. The molecule has 2 heterocycles. The third-order valence-corrected chi connectivity index (χ3v) is 6.48. The van der Waals surface area contributed by atoms with Gasteiger partial charge in [0.25, 0.3) is 5.91 Å². The number of nitrogens with one attached hydrogen (secondary N) is 1. The Labute approximate surface area is 169 Å². The van der Waals surface area contributed by atoms with Crippen LogP contribution in [0.5, 0.6) is 0 Å². The summed E-state index contributed by atoms with van der Waals surface area (Å²) in [4.78, 5) is 29.2. The zero-order valence-electron chi connectivity index (χ0n) is 15.8. The maximum atomic E-state index is 13.9. The average Bonchev–Trinajstić information content (AvgIpc) is 3.12. The Kier molecular flexibility index (Phi) is 6.25. The van der Waals surface area contributed by atoms with E-state index in [1.807, 2.05) is 4.90 Å². The molecule has 0 aromatic heterocycles. The van der Waals surface area contributed by atoms with E-state index in [0.717, 1.165) is 44.5 Å². The summed E-state index contributed by atoms with van der Waals surface area (Å²) in [5.74, 6) is -1.38. The van der Waals surface area contributed by atoms with E-state index < -0.39 is 17.5 Å². The second kappa shape index (κ2) is 8.33. The highest BCUT2D eigenvalue weighted by molar-refractivity contribution is 5.94. The lowest BCUT2D eigenvalue weighted by Gasteiger charge is -2.43. The highest BCUT2D eigenvalue weighted by Crippen LogP contribution is 2.45. The summed E-state index contributed by atoms with van der Waals surface area (Å²) in [6, 6.07) is 2.99. The molecule has 3 fully saturated rings. The second-order valence-electron chi connectivity index (χ2n) is 7.94. The molecule has 2 saturated heterocycles. The van der Waals surface area contributed by atoms with E-state index >= 15 is 0 Å². The van der Waals surface area contributed by atoms with Crippen LogP contribution >= 0.6 is 12.4 Å². The fourth-order valence-corrected chi connectivity index (χ4v) is 4.93. The van der Waals surface area contributed by atoms with Crippen LogP contribution in [-0.2, 0) is 4.79 Å². The van der Waals surface area contributed by atoms with Gasteiger partial charge >= 0.3 is 0 Å². The van der Waals surface area contributed by atoms with Gasteiger partial charge in [0.2, 0.25) is 5.91 Å². The van der Waals surface area contributed by atoms with Gasteiger partial charge in [-0.2, -0.15) is 0 Å². The van der Waals surface area contributed by atoms with Gasteiger partial charge in [0.1, 0.15) is 11.6 Å². The predicted molar refractivity (Wildman–Crippen MR) is 103 cm³/mol. The topological polar surface area (TPSA) is 52.7 Å². The van der Waals surface area contributed by atoms with Crippen molar-refractivity contribution in [2.45, 2.75) is 25.7 Å². The van der Waals surface area contributed by atoms with E-state index in [9.17, 15) is 18.4 Å². The lowest BCUT2D eigenvalue weighted by atomic mass is 9.67. The molecule has 8 heteroatoms. The fourth-order valence-electron chi connectivity index (χ4n) is 4.93. The number of hydrogen-bond acceptors (Lipinski definition) is 3. The Morgan fingerprint density at radius 1 is 1.07 bits per heavy atom. The Balaban J connectivity index is 0.00000225. The van der Waals surface area contributed by atoms with Gasteiger partial charge in [0, 0.05) is 38.8 Å². The highest BCUT2D eigenvalue weighted by atomic mass is 35.5. The number of amides is 2. The molecule has 3 aliphatic rings. The monoisotopic (exact) mass is 413 g/mol. The normalized spacial score (nSPS) is 27.1. The SMILES string of the molecule is Cl.O=C(c1ccc(F)cc1F)N1CCN(C(=O)[C@@]23CCCC[C@H]2CNC3)CC1. The quantitative estimate of drug-likeness (QED) is 0.810. The van der Waals surface area contributed by atoms with Crippen LogP contribution in [0.25, 0.3) is 0 Å². The van der Waals surface area contributed by atoms with Gasteiger partial charge in [0.05, 0.1) is 11.0 Å². The maximum Gasteiger partial charge on any atom is 0.256 e. The molecular weight excluding hydrogens is 388 g/mol. The second-order valence-corrected chi connectivity index (χ2v) is 7.94. The van der Waals surface area contributed by atoms with Gasteiger partial charge in [-0.3, -0.25) is 9.59 Å². The van der Waals surface area contributed by atoms with Crippen LogP contribution in [0.1, 0.15) is 36.0 Å². The molecule has 5 nitrogen and oxygen atoms in total. The molecule has 1 aromatic carbocycles. The Morgan fingerprint density at radius 3 is 2.50 bits per heavy atom. The molecule has 0 bridgehead atoms. The molecular formula is C20H26ClF2N3O2. The van der Waals surface area contributed by atoms with Crippen molar-refractivity contribution in [3.8, 4) is 0 Å². The van der Waals surface area contributed by atoms with Crippen molar-refractivity contribution in [2.24, 2.45) is 11.3 Å². The molecule has 2 amide bonds. The van der Waals surface area contributed by atoms with Crippen molar-refractivity contribution in [3.05, 3.63) is 35.4 Å².